The molecule has 0 aromatic carbocycles. The number of alkyl halides is 3. The zero-order valence-electron chi connectivity index (χ0n) is 7.07. The zero-order chi connectivity index (χ0) is 10.1. The fourth-order valence-corrected chi connectivity index (χ4v) is 1.24. The highest BCUT2D eigenvalue weighted by molar-refractivity contribution is 5.81. The van der Waals surface area contributed by atoms with E-state index in [1.807, 2.05) is 0 Å². The Bertz CT molecular complexity index is 222. The molecule has 0 amide bonds. The molecule has 1 aliphatic rings. The van der Waals surface area contributed by atoms with E-state index >= 15 is 0 Å². The summed E-state index contributed by atoms with van der Waals surface area (Å²) in [5.41, 5.74) is -3.17. The van der Waals surface area contributed by atoms with Crippen molar-refractivity contribution in [1.82, 2.24) is 5.32 Å². The fourth-order valence-electron chi connectivity index (χ4n) is 1.24. The van der Waals surface area contributed by atoms with E-state index in [0.717, 1.165) is 7.11 Å². The summed E-state index contributed by atoms with van der Waals surface area (Å²) in [6.45, 7) is -0.792. The minimum absolute atomic E-state index is 0.0428. The van der Waals surface area contributed by atoms with Crippen molar-refractivity contribution in [3.05, 3.63) is 0 Å². The van der Waals surface area contributed by atoms with Crippen LogP contribution in [0.4, 0.5) is 13.2 Å². The van der Waals surface area contributed by atoms with Gasteiger partial charge in [-0.25, -0.2) is 18.0 Å². The molecular formula is C7H10F3NO2. The van der Waals surface area contributed by atoms with Crippen molar-refractivity contribution in [1.29, 1.82) is 0 Å². The summed E-state index contributed by atoms with van der Waals surface area (Å²) in [6, 6.07) is 0. The van der Waals surface area contributed by atoms with Crippen LogP contribution in [0, 0.1) is 0 Å². The smallest absolute Gasteiger partial charge is 0.350 e. The Morgan fingerprint density at radius 2 is 2.08 bits per heavy atom. The van der Waals surface area contributed by atoms with E-state index in [2.05, 4.69) is 10.1 Å². The van der Waals surface area contributed by atoms with Gasteiger partial charge in [-0.2, -0.15) is 0 Å². The van der Waals surface area contributed by atoms with E-state index in [1.165, 1.54) is 0 Å². The van der Waals surface area contributed by atoms with Crippen LogP contribution >= 0.6 is 0 Å². The Morgan fingerprint density at radius 1 is 1.46 bits per heavy atom. The number of methoxy groups -OCH3 is 1. The minimum Gasteiger partial charge on any atom is -0.466 e. The first kappa shape index (κ1) is 10.3. The summed E-state index contributed by atoms with van der Waals surface area (Å²) in [6.07, 6.45) is -0.563. The summed E-state index contributed by atoms with van der Waals surface area (Å²) < 4.78 is 43.4. The average molecular weight is 197 g/mol. The summed E-state index contributed by atoms with van der Waals surface area (Å²) in [7, 11) is 0.891. The third-order valence-corrected chi connectivity index (χ3v) is 2.08. The van der Waals surface area contributed by atoms with Gasteiger partial charge in [-0.3, -0.25) is 0 Å². The number of ether oxygens (including phenoxy) is 1. The van der Waals surface area contributed by atoms with E-state index in [1.54, 1.807) is 0 Å². The first-order valence-electron chi connectivity index (χ1n) is 3.80. The molecule has 0 aliphatic carbocycles. The van der Waals surface area contributed by atoms with Crippen LogP contribution in [-0.2, 0) is 9.53 Å². The first-order chi connectivity index (χ1) is 5.94. The van der Waals surface area contributed by atoms with Gasteiger partial charge < -0.3 is 10.1 Å². The van der Waals surface area contributed by atoms with Gasteiger partial charge in [-0.05, 0) is 6.54 Å². The van der Waals surface area contributed by atoms with E-state index in [0.29, 0.717) is 0 Å². The van der Waals surface area contributed by atoms with Gasteiger partial charge in [0.05, 0.1) is 13.7 Å². The maximum absolute atomic E-state index is 13.5. The van der Waals surface area contributed by atoms with Crippen LogP contribution in [0.15, 0.2) is 0 Å². The van der Waals surface area contributed by atoms with Gasteiger partial charge in [0.25, 0.3) is 5.67 Å². The molecule has 1 saturated heterocycles. The SMILES string of the molecule is COC(=O)C1(F)CCNCC1(F)F. The minimum atomic E-state index is -3.70. The van der Waals surface area contributed by atoms with E-state index in [-0.39, 0.29) is 6.54 Å². The molecule has 1 aliphatic heterocycles. The molecule has 0 radical (unpaired) electrons. The number of hydrogen-bond donors (Lipinski definition) is 1. The second-order valence-corrected chi connectivity index (χ2v) is 2.92. The normalized spacial score (nSPS) is 32.6. The number of esters is 1. The second-order valence-electron chi connectivity index (χ2n) is 2.92. The van der Waals surface area contributed by atoms with Crippen molar-refractivity contribution in [2.24, 2.45) is 0 Å². The Kier molecular flexibility index (Phi) is 2.51. The van der Waals surface area contributed by atoms with Crippen molar-refractivity contribution >= 4 is 5.97 Å². The number of rotatable bonds is 1. The van der Waals surface area contributed by atoms with Gasteiger partial charge in [0, 0.05) is 6.42 Å². The Labute approximate surface area is 73.2 Å². The average Bonchev–Trinajstić information content (AvgIpc) is 2.08. The molecule has 0 bridgehead atoms. The highest BCUT2D eigenvalue weighted by Crippen LogP contribution is 2.38. The lowest BCUT2D eigenvalue weighted by molar-refractivity contribution is -0.193. The molecule has 6 heteroatoms. The molecule has 0 spiro atoms. The lowest BCUT2D eigenvalue weighted by Crippen LogP contribution is -2.60. The second kappa shape index (κ2) is 3.17. The fraction of sp³-hybridized carbons (Fsp3) is 0.857. The lowest BCUT2D eigenvalue weighted by atomic mass is 9.90. The van der Waals surface area contributed by atoms with Crippen LogP contribution in [0.5, 0.6) is 0 Å². The standard InChI is InChI=1S/C7H10F3NO2/c1-13-5(12)6(8)2-3-11-4-7(6,9)10/h11H,2-4H2,1H3. The highest BCUT2D eigenvalue weighted by atomic mass is 19.3. The lowest BCUT2D eigenvalue weighted by Gasteiger charge is -2.35. The number of hydrogen-bond acceptors (Lipinski definition) is 3. The highest BCUT2D eigenvalue weighted by Gasteiger charge is 2.62. The van der Waals surface area contributed by atoms with Gasteiger partial charge in [0.1, 0.15) is 0 Å². The van der Waals surface area contributed by atoms with Crippen molar-refractivity contribution in [3.63, 3.8) is 0 Å². The van der Waals surface area contributed by atoms with Gasteiger partial charge in [0.2, 0.25) is 0 Å². The number of halogens is 3. The molecule has 1 rings (SSSR count). The van der Waals surface area contributed by atoms with Crippen molar-refractivity contribution in [3.8, 4) is 0 Å². The summed E-state index contributed by atoms with van der Waals surface area (Å²) >= 11 is 0. The van der Waals surface area contributed by atoms with Crippen LogP contribution < -0.4 is 5.32 Å². The van der Waals surface area contributed by atoms with Crippen molar-refractivity contribution < 1.29 is 22.7 Å². The monoisotopic (exact) mass is 197 g/mol. The van der Waals surface area contributed by atoms with E-state index in [9.17, 15) is 18.0 Å². The van der Waals surface area contributed by atoms with Gasteiger partial charge in [0.15, 0.2) is 0 Å². The molecule has 0 saturated carbocycles. The predicted molar refractivity (Wildman–Crippen MR) is 38.3 cm³/mol. The predicted octanol–water partition coefficient (Wildman–Crippen LogP) is 0.496. The van der Waals surface area contributed by atoms with E-state index < -0.39 is 30.5 Å². The molecule has 76 valence electrons. The molecule has 0 aromatic heterocycles. The molecule has 1 unspecified atom stereocenters. The van der Waals surface area contributed by atoms with Crippen LogP contribution in [0.1, 0.15) is 6.42 Å². The summed E-state index contributed by atoms with van der Waals surface area (Å²) in [4.78, 5) is 10.8. The van der Waals surface area contributed by atoms with Crippen LogP contribution in [0.25, 0.3) is 0 Å². The number of piperidine rings is 1. The number of nitrogens with one attached hydrogen (secondary N) is 1. The van der Waals surface area contributed by atoms with Gasteiger partial charge in [-0.15, -0.1) is 0 Å². The van der Waals surface area contributed by atoms with Crippen LogP contribution in [-0.4, -0.2) is 37.8 Å². The molecule has 1 atom stereocenters. The molecule has 13 heavy (non-hydrogen) atoms. The summed E-state index contributed by atoms with van der Waals surface area (Å²) in [5, 5.41) is 2.31. The van der Waals surface area contributed by atoms with Gasteiger partial charge in [-0.1, -0.05) is 0 Å². The van der Waals surface area contributed by atoms with Crippen molar-refractivity contribution in [2.75, 3.05) is 20.2 Å². The Morgan fingerprint density at radius 3 is 2.54 bits per heavy atom. The summed E-state index contributed by atoms with van der Waals surface area (Å²) in [5.74, 6) is -5.20. The molecule has 1 N–H and O–H groups in total. The van der Waals surface area contributed by atoms with Crippen molar-refractivity contribution in [2.45, 2.75) is 18.0 Å². The van der Waals surface area contributed by atoms with Crippen LogP contribution in [0.3, 0.4) is 0 Å². The Hall–Kier alpha value is -0.780. The number of carbonyl (C=O) groups excluding carboxylic acids is 1. The third-order valence-electron chi connectivity index (χ3n) is 2.08. The first-order valence-corrected chi connectivity index (χ1v) is 3.80. The maximum atomic E-state index is 13.5. The molecular weight excluding hydrogens is 187 g/mol. The molecule has 1 fully saturated rings. The topological polar surface area (TPSA) is 38.3 Å². The maximum Gasteiger partial charge on any atom is 0.350 e. The molecule has 0 aromatic rings. The van der Waals surface area contributed by atoms with Gasteiger partial charge >= 0.3 is 11.9 Å². The Balaban J connectivity index is 2.90. The number of carbonyl (C=O) groups is 1. The van der Waals surface area contributed by atoms with E-state index in [4.69, 9.17) is 0 Å². The third kappa shape index (κ3) is 1.50. The zero-order valence-corrected chi connectivity index (χ0v) is 7.07. The quantitative estimate of drug-likeness (QED) is 0.622. The molecule has 1 heterocycles. The van der Waals surface area contributed by atoms with Crippen LogP contribution in [0.2, 0.25) is 0 Å². The largest absolute Gasteiger partial charge is 0.466 e. The molecule has 3 nitrogen and oxygen atoms in total.